The van der Waals surface area contributed by atoms with Crippen LogP contribution in [0.5, 0.6) is 5.75 Å². The van der Waals surface area contributed by atoms with Crippen LogP contribution >= 0.6 is 0 Å². The average molecular weight is 405 g/mol. The molecule has 0 unspecified atom stereocenters. The molecule has 1 aromatic heterocycles. The van der Waals surface area contributed by atoms with Crippen molar-refractivity contribution in [1.29, 1.82) is 0 Å². The molecule has 0 radical (unpaired) electrons. The number of benzene rings is 1. The van der Waals surface area contributed by atoms with Gasteiger partial charge in [0, 0.05) is 19.3 Å². The number of nitrogens with zero attached hydrogens (tertiary/aromatic N) is 2. The molecule has 2 heterocycles. The molecule has 1 fully saturated rings. The lowest BCUT2D eigenvalue weighted by Crippen LogP contribution is -2.34. The number of hydrogen-bond acceptors (Lipinski definition) is 6. The molecule has 0 atom stereocenters. The molecule has 0 aliphatic carbocycles. The molecular weight excluding hydrogens is 382 g/mol. The van der Waals surface area contributed by atoms with Crippen molar-refractivity contribution in [1.82, 2.24) is 4.98 Å². The SMILES string of the molecule is COc1ccc(S(=O)(=O)Nc2cc(C(=O)O)cnc2N2CCC(C)CC2)cc1. The smallest absolute Gasteiger partial charge is 0.337 e. The van der Waals surface area contributed by atoms with Gasteiger partial charge in [-0.2, -0.15) is 0 Å². The number of rotatable bonds is 6. The van der Waals surface area contributed by atoms with E-state index >= 15 is 0 Å². The number of ether oxygens (including phenoxy) is 1. The number of aromatic carboxylic acids is 1. The summed E-state index contributed by atoms with van der Waals surface area (Å²) in [5.74, 6) is 0.399. The Morgan fingerprint density at radius 1 is 1.25 bits per heavy atom. The molecule has 0 amide bonds. The summed E-state index contributed by atoms with van der Waals surface area (Å²) < 4.78 is 33.2. The van der Waals surface area contributed by atoms with Crippen molar-refractivity contribution in [3.05, 3.63) is 42.1 Å². The molecule has 1 aliphatic heterocycles. The van der Waals surface area contributed by atoms with E-state index in [1.54, 1.807) is 12.1 Å². The number of pyridine rings is 1. The Balaban J connectivity index is 1.95. The maximum Gasteiger partial charge on any atom is 0.337 e. The van der Waals surface area contributed by atoms with Crippen LogP contribution in [0.4, 0.5) is 11.5 Å². The minimum absolute atomic E-state index is 0.0484. The highest BCUT2D eigenvalue weighted by Crippen LogP contribution is 2.30. The zero-order chi connectivity index (χ0) is 20.3. The summed E-state index contributed by atoms with van der Waals surface area (Å²) in [7, 11) is -2.42. The zero-order valence-electron chi connectivity index (χ0n) is 15.8. The van der Waals surface area contributed by atoms with Gasteiger partial charge in [0.1, 0.15) is 5.75 Å². The van der Waals surface area contributed by atoms with Crippen molar-refractivity contribution in [3.8, 4) is 5.75 Å². The third kappa shape index (κ3) is 4.36. The molecule has 1 aromatic carbocycles. The number of sulfonamides is 1. The Bertz CT molecular complexity index is 952. The Morgan fingerprint density at radius 3 is 2.46 bits per heavy atom. The first kappa shape index (κ1) is 19.9. The summed E-state index contributed by atoms with van der Waals surface area (Å²) in [5, 5.41) is 9.27. The molecule has 0 bridgehead atoms. The van der Waals surface area contributed by atoms with Crippen molar-refractivity contribution in [2.45, 2.75) is 24.7 Å². The van der Waals surface area contributed by atoms with Gasteiger partial charge in [0.15, 0.2) is 5.82 Å². The van der Waals surface area contributed by atoms with Crippen LogP contribution in [-0.2, 0) is 10.0 Å². The van der Waals surface area contributed by atoms with Crippen molar-refractivity contribution in [3.63, 3.8) is 0 Å². The number of aromatic nitrogens is 1. The number of hydrogen-bond donors (Lipinski definition) is 2. The van der Waals surface area contributed by atoms with Crippen LogP contribution < -0.4 is 14.4 Å². The minimum atomic E-state index is -3.92. The number of methoxy groups -OCH3 is 1. The van der Waals surface area contributed by atoms with E-state index in [1.807, 2.05) is 4.90 Å². The quantitative estimate of drug-likeness (QED) is 0.760. The highest BCUT2D eigenvalue weighted by atomic mass is 32.2. The summed E-state index contributed by atoms with van der Waals surface area (Å²) in [4.78, 5) is 17.6. The maximum absolute atomic E-state index is 12.8. The molecular formula is C19H23N3O5S. The van der Waals surface area contributed by atoms with Gasteiger partial charge in [-0.25, -0.2) is 18.2 Å². The van der Waals surface area contributed by atoms with Gasteiger partial charge < -0.3 is 14.7 Å². The standard InChI is InChI=1S/C19H23N3O5S/c1-13-7-9-22(10-8-13)18-17(11-14(12-20-18)19(23)24)21-28(25,26)16-5-3-15(27-2)4-6-16/h3-6,11-13,21H,7-10H2,1-2H3,(H,23,24). The Morgan fingerprint density at radius 2 is 1.89 bits per heavy atom. The van der Waals surface area contributed by atoms with Crippen molar-refractivity contribution in [2.75, 3.05) is 29.8 Å². The van der Waals surface area contributed by atoms with Crippen LogP contribution in [0.15, 0.2) is 41.4 Å². The van der Waals surface area contributed by atoms with E-state index in [0.29, 0.717) is 17.5 Å². The van der Waals surface area contributed by atoms with E-state index in [2.05, 4.69) is 16.6 Å². The van der Waals surface area contributed by atoms with Gasteiger partial charge >= 0.3 is 5.97 Å². The molecule has 0 spiro atoms. The Hall–Kier alpha value is -2.81. The Labute approximate surface area is 164 Å². The van der Waals surface area contributed by atoms with Gasteiger partial charge in [-0.15, -0.1) is 0 Å². The van der Waals surface area contributed by atoms with Crippen molar-refractivity contribution < 1.29 is 23.1 Å². The van der Waals surface area contributed by atoms with Crippen LogP contribution in [0.25, 0.3) is 0 Å². The fraction of sp³-hybridized carbons (Fsp3) is 0.368. The van der Waals surface area contributed by atoms with Crippen molar-refractivity contribution in [2.24, 2.45) is 5.92 Å². The molecule has 8 nitrogen and oxygen atoms in total. The summed E-state index contributed by atoms with van der Waals surface area (Å²) in [5.41, 5.74) is 0.0758. The van der Waals surface area contributed by atoms with E-state index in [4.69, 9.17) is 4.74 Å². The Kier molecular flexibility index (Phi) is 5.73. The first-order valence-corrected chi connectivity index (χ1v) is 10.4. The lowest BCUT2D eigenvalue weighted by Gasteiger charge is -2.32. The summed E-state index contributed by atoms with van der Waals surface area (Å²) in [6.45, 7) is 3.64. The second-order valence-electron chi connectivity index (χ2n) is 6.85. The second kappa shape index (κ2) is 8.05. The molecule has 2 aromatic rings. The normalized spacial score (nSPS) is 15.3. The largest absolute Gasteiger partial charge is 0.497 e. The lowest BCUT2D eigenvalue weighted by atomic mass is 9.99. The van der Waals surface area contributed by atoms with E-state index < -0.39 is 16.0 Å². The van der Waals surface area contributed by atoms with Gasteiger partial charge in [-0.05, 0) is 49.1 Å². The van der Waals surface area contributed by atoms with E-state index in [-0.39, 0.29) is 16.1 Å². The first-order chi connectivity index (χ1) is 13.3. The number of nitrogens with one attached hydrogen (secondary N) is 1. The number of carboxylic acid groups (broad SMARTS) is 1. The van der Waals surface area contributed by atoms with Gasteiger partial charge in [0.05, 0.1) is 23.3 Å². The molecule has 1 saturated heterocycles. The van der Waals surface area contributed by atoms with Gasteiger partial charge in [-0.3, -0.25) is 4.72 Å². The monoisotopic (exact) mass is 405 g/mol. The van der Waals surface area contributed by atoms with E-state index in [0.717, 1.165) is 25.9 Å². The third-order valence-corrected chi connectivity index (χ3v) is 6.19. The topological polar surface area (TPSA) is 109 Å². The highest BCUT2D eigenvalue weighted by molar-refractivity contribution is 7.92. The molecule has 2 N–H and O–H groups in total. The van der Waals surface area contributed by atoms with Gasteiger partial charge in [0.2, 0.25) is 0 Å². The first-order valence-electron chi connectivity index (χ1n) is 8.95. The van der Waals surface area contributed by atoms with Gasteiger partial charge in [0.25, 0.3) is 10.0 Å². The van der Waals surface area contributed by atoms with Crippen LogP contribution in [0, 0.1) is 5.92 Å². The van der Waals surface area contributed by atoms with E-state index in [9.17, 15) is 18.3 Å². The zero-order valence-corrected chi connectivity index (χ0v) is 16.6. The predicted molar refractivity (Wildman–Crippen MR) is 106 cm³/mol. The fourth-order valence-electron chi connectivity index (χ4n) is 3.08. The summed E-state index contributed by atoms with van der Waals surface area (Å²) >= 11 is 0. The molecule has 1 aliphatic rings. The molecule has 150 valence electrons. The molecule has 0 saturated carbocycles. The predicted octanol–water partition coefficient (Wildman–Crippen LogP) is 2.83. The lowest BCUT2D eigenvalue weighted by molar-refractivity contribution is 0.0696. The number of piperidine rings is 1. The van der Waals surface area contributed by atoms with Crippen LogP contribution in [-0.4, -0.2) is 44.7 Å². The summed E-state index contributed by atoms with van der Waals surface area (Å²) in [6, 6.07) is 7.26. The summed E-state index contributed by atoms with van der Waals surface area (Å²) in [6.07, 6.45) is 3.18. The van der Waals surface area contributed by atoms with Crippen LogP contribution in [0.2, 0.25) is 0 Å². The average Bonchev–Trinajstić information content (AvgIpc) is 2.68. The number of carboxylic acids is 1. The molecule has 9 heteroatoms. The highest BCUT2D eigenvalue weighted by Gasteiger charge is 2.24. The second-order valence-corrected chi connectivity index (χ2v) is 8.53. The van der Waals surface area contributed by atoms with E-state index in [1.165, 1.54) is 31.5 Å². The molecule has 3 rings (SSSR count). The molecule has 28 heavy (non-hydrogen) atoms. The minimum Gasteiger partial charge on any atom is -0.497 e. The fourth-order valence-corrected chi connectivity index (χ4v) is 4.13. The maximum atomic E-state index is 12.8. The van der Waals surface area contributed by atoms with Crippen LogP contribution in [0.3, 0.4) is 0 Å². The number of carbonyl (C=O) groups is 1. The van der Waals surface area contributed by atoms with Crippen LogP contribution in [0.1, 0.15) is 30.1 Å². The number of anilines is 2. The van der Waals surface area contributed by atoms with Gasteiger partial charge in [-0.1, -0.05) is 6.92 Å². The van der Waals surface area contributed by atoms with Crippen molar-refractivity contribution >= 4 is 27.5 Å². The third-order valence-electron chi connectivity index (χ3n) is 4.81.